The number of hydrogen-bond donors (Lipinski definition) is 2. The summed E-state index contributed by atoms with van der Waals surface area (Å²) < 4.78 is 29.6. The maximum absolute atomic E-state index is 11.9. The Bertz CT molecular complexity index is 1280. The fraction of sp³-hybridized carbons (Fsp3) is 0.200. The van der Waals surface area contributed by atoms with E-state index in [4.69, 9.17) is 9.72 Å². The van der Waals surface area contributed by atoms with E-state index < -0.39 is 9.84 Å². The van der Waals surface area contributed by atoms with E-state index in [0.717, 1.165) is 39.3 Å². The van der Waals surface area contributed by atoms with Gasteiger partial charge in [-0.05, 0) is 47.9 Å². The van der Waals surface area contributed by atoms with Crippen LogP contribution in [-0.2, 0) is 16.3 Å². The Kier molecular flexibility index (Phi) is 3.77. The molecule has 0 fully saturated rings. The number of nitrogens with zero attached hydrogens (tertiary/aromatic N) is 2. The molecule has 0 saturated heterocycles. The molecule has 0 bridgehead atoms. The van der Waals surface area contributed by atoms with E-state index in [-0.39, 0.29) is 5.92 Å². The molecule has 0 radical (unpaired) electrons. The number of fused-ring (bicyclic) bond motifs is 2. The fourth-order valence-corrected chi connectivity index (χ4v) is 4.26. The Labute approximate surface area is 161 Å². The van der Waals surface area contributed by atoms with E-state index in [1.54, 1.807) is 24.4 Å². The second-order valence-electron chi connectivity index (χ2n) is 7.09. The quantitative estimate of drug-likeness (QED) is 0.556. The van der Waals surface area contributed by atoms with Crippen LogP contribution in [0.1, 0.15) is 17.3 Å². The van der Waals surface area contributed by atoms with Crippen molar-refractivity contribution in [1.29, 1.82) is 0 Å². The molecule has 2 aromatic carbocycles. The van der Waals surface area contributed by atoms with E-state index in [1.165, 1.54) is 6.26 Å². The standard InChI is InChI=1S/C20H18N4O3S/c1-28(25,26)16-3-5-19-13(7-16)6-14(11-27-19)20-23-17-4-2-12(8-18(17)24-20)15-9-21-22-10-15/h2-5,7-10,14H,6,11H2,1H3,(H,21,22)(H,23,24). The summed E-state index contributed by atoms with van der Waals surface area (Å²) in [7, 11) is -3.25. The molecule has 142 valence electrons. The van der Waals surface area contributed by atoms with Crippen molar-refractivity contribution < 1.29 is 13.2 Å². The van der Waals surface area contributed by atoms with Crippen molar-refractivity contribution in [2.24, 2.45) is 0 Å². The van der Waals surface area contributed by atoms with Gasteiger partial charge < -0.3 is 9.72 Å². The highest BCUT2D eigenvalue weighted by Gasteiger charge is 2.25. The minimum atomic E-state index is -3.25. The van der Waals surface area contributed by atoms with Crippen LogP contribution in [0.15, 0.2) is 53.7 Å². The van der Waals surface area contributed by atoms with Gasteiger partial charge >= 0.3 is 0 Å². The van der Waals surface area contributed by atoms with Gasteiger partial charge in [-0.3, -0.25) is 5.10 Å². The number of sulfone groups is 1. The van der Waals surface area contributed by atoms with Crippen LogP contribution >= 0.6 is 0 Å². The van der Waals surface area contributed by atoms with Crippen molar-refractivity contribution in [3.05, 3.63) is 60.2 Å². The van der Waals surface area contributed by atoms with Crippen LogP contribution in [0, 0.1) is 0 Å². The number of nitrogens with one attached hydrogen (secondary N) is 2. The first kappa shape index (κ1) is 17.0. The number of aromatic nitrogens is 4. The first-order valence-electron chi connectivity index (χ1n) is 8.92. The molecule has 1 aliphatic rings. The third kappa shape index (κ3) is 2.95. The number of rotatable bonds is 3. The lowest BCUT2D eigenvalue weighted by atomic mass is 9.96. The summed E-state index contributed by atoms with van der Waals surface area (Å²) in [6.45, 7) is 0.500. The van der Waals surface area contributed by atoms with Gasteiger partial charge in [-0.25, -0.2) is 13.4 Å². The minimum Gasteiger partial charge on any atom is -0.493 e. The third-order valence-electron chi connectivity index (χ3n) is 5.08. The number of aromatic amines is 2. The molecule has 0 aliphatic carbocycles. The molecule has 1 aliphatic heterocycles. The van der Waals surface area contributed by atoms with Gasteiger partial charge in [0.15, 0.2) is 9.84 Å². The van der Waals surface area contributed by atoms with E-state index in [9.17, 15) is 8.42 Å². The predicted molar refractivity (Wildman–Crippen MR) is 105 cm³/mol. The van der Waals surface area contributed by atoms with Crippen molar-refractivity contribution >= 4 is 20.9 Å². The summed E-state index contributed by atoms with van der Waals surface area (Å²) in [5.41, 5.74) is 4.79. The number of benzene rings is 2. The number of ether oxygens (including phenoxy) is 1. The molecular weight excluding hydrogens is 376 g/mol. The summed E-state index contributed by atoms with van der Waals surface area (Å²) in [6, 6.07) is 11.1. The van der Waals surface area contributed by atoms with Crippen LogP contribution in [0.4, 0.5) is 0 Å². The van der Waals surface area contributed by atoms with Crippen LogP contribution in [0.2, 0.25) is 0 Å². The second kappa shape index (κ2) is 6.20. The molecule has 3 heterocycles. The van der Waals surface area contributed by atoms with Crippen LogP contribution in [-0.4, -0.2) is 41.4 Å². The van der Waals surface area contributed by atoms with E-state index in [2.05, 4.69) is 21.2 Å². The number of hydrogen-bond acceptors (Lipinski definition) is 5. The van der Waals surface area contributed by atoms with Gasteiger partial charge in [0.1, 0.15) is 11.6 Å². The maximum Gasteiger partial charge on any atom is 0.175 e. The molecule has 7 nitrogen and oxygen atoms in total. The molecule has 0 saturated carbocycles. The Morgan fingerprint density at radius 2 is 2.04 bits per heavy atom. The molecule has 0 amide bonds. The molecule has 1 atom stereocenters. The Hall–Kier alpha value is -3.13. The zero-order valence-corrected chi connectivity index (χ0v) is 16.0. The lowest BCUT2D eigenvalue weighted by molar-refractivity contribution is 0.258. The second-order valence-corrected chi connectivity index (χ2v) is 9.11. The predicted octanol–water partition coefficient (Wildman–Crippen LogP) is 3.08. The fourth-order valence-electron chi connectivity index (χ4n) is 3.59. The number of H-pyrrole nitrogens is 2. The summed E-state index contributed by atoms with van der Waals surface area (Å²) in [5, 5.41) is 6.82. The molecule has 28 heavy (non-hydrogen) atoms. The highest BCUT2D eigenvalue weighted by Crippen LogP contribution is 2.34. The van der Waals surface area contributed by atoms with Crippen molar-refractivity contribution in [1.82, 2.24) is 20.2 Å². The topological polar surface area (TPSA) is 101 Å². The summed E-state index contributed by atoms with van der Waals surface area (Å²) in [4.78, 5) is 8.44. The molecule has 2 aromatic heterocycles. The SMILES string of the molecule is CS(=O)(=O)c1ccc2c(c1)CC(c1nc3ccc(-c4cn[nH]c4)cc3[nH]1)CO2. The first-order chi connectivity index (χ1) is 13.5. The summed E-state index contributed by atoms with van der Waals surface area (Å²) in [6.07, 6.45) is 5.52. The maximum atomic E-state index is 11.9. The van der Waals surface area contributed by atoms with Gasteiger partial charge in [-0.15, -0.1) is 0 Å². The van der Waals surface area contributed by atoms with Crippen LogP contribution in [0.5, 0.6) is 5.75 Å². The third-order valence-corrected chi connectivity index (χ3v) is 6.20. The molecule has 1 unspecified atom stereocenters. The van der Waals surface area contributed by atoms with Crippen LogP contribution in [0.25, 0.3) is 22.2 Å². The molecule has 8 heteroatoms. The summed E-state index contributed by atoms with van der Waals surface area (Å²) in [5.74, 6) is 1.61. The van der Waals surface area contributed by atoms with Crippen LogP contribution < -0.4 is 4.74 Å². The van der Waals surface area contributed by atoms with Gasteiger partial charge in [0.25, 0.3) is 0 Å². The zero-order chi connectivity index (χ0) is 19.3. The Morgan fingerprint density at radius 3 is 2.82 bits per heavy atom. The van der Waals surface area contributed by atoms with Crippen LogP contribution in [0.3, 0.4) is 0 Å². The van der Waals surface area contributed by atoms with Crippen molar-refractivity contribution in [2.45, 2.75) is 17.2 Å². The normalized spacial score (nSPS) is 16.7. The average Bonchev–Trinajstić information content (AvgIpc) is 3.35. The molecule has 2 N–H and O–H groups in total. The summed E-state index contributed by atoms with van der Waals surface area (Å²) >= 11 is 0. The van der Waals surface area contributed by atoms with E-state index in [1.807, 2.05) is 18.3 Å². The van der Waals surface area contributed by atoms with Crippen molar-refractivity contribution in [2.75, 3.05) is 12.9 Å². The monoisotopic (exact) mass is 394 g/mol. The van der Waals surface area contributed by atoms with Gasteiger partial charge in [-0.2, -0.15) is 5.10 Å². The zero-order valence-electron chi connectivity index (χ0n) is 15.1. The molecule has 4 aromatic rings. The smallest absolute Gasteiger partial charge is 0.175 e. The highest BCUT2D eigenvalue weighted by atomic mass is 32.2. The van der Waals surface area contributed by atoms with Crippen molar-refractivity contribution in [3.8, 4) is 16.9 Å². The van der Waals surface area contributed by atoms with E-state index >= 15 is 0 Å². The van der Waals surface area contributed by atoms with Crippen molar-refractivity contribution in [3.63, 3.8) is 0 Å². The minimum absolute atomic E-state index is 0.0343. The van der Waals surface area contributed by atoms with Gasteiger partial charge in [-0.1, -0.05) is 6.07 Å². The van der Waals surface area contributed by atoms with Gasteiger partial charge in [0, 0.05) is 18.0 Å². The largest absolute Gasteiger partial charge is 0.493 e. The first-order valence-corrected chi connectivity index (χ1v) is 10.8. The lowest BCUT2D eigenvalue weighted by Crippen LogP contribution is -2.20. The van der Waals surface area contributed by atoms with E-state index in [0.29, 0.717) is 17.9 Å². The number of imidazole rings is 1. The molecular formula is C20H18N4O3S. The lowest BCUT2D eigenvalue weighted by Gasteiger charge is -2.24. The van der Waals surface area contributed by atoms with Gasteiger partial charge in [0.2, 0.25) is 0 Å². The highest BCUT2D eigenvalue weighted by molar-refractivity contribution is 7.90. The van der Waals surface area contributed by atoms with Gasteiger partial charge in [0.05, 0.1) is 34.7 Å². The molecule has 5 rings (SSSR count). The molecule has 0 spiro atoms. The average molecular weight is 394 g/mol. The Morgan fingerprint density at radius 1 is 1.14 bits per heavy atom. The Balaban J connectivity index is 1.48.